The maximum atomic E-state index is 13.0. The molecule has 1 saturated heterocycles. The lowest BCUT2D eigenvalue weighted by Crippen LogP contribution is -2.37. The first kappa shape index (κ1) is 21.1. The fraction of sp³-hybridized carbons (Fsp3) is 0.308. The summed E-state index contributed by atoms with van der Waals surface area (Å²) in [5, 5.41) is 2.94. The van der Waals surface area contributed by atoms with E-state index in [1.807, 2.05) is 55.5 Å². The number of H-pyrrole nitrogens is 1. The second-order valence-electron chi connectivity index (χ2n) is 8.36. The average molecular weight is 416 g/mol. The van der Waals surface area contributed by atoms with Crippen LogP contribution in [0.1, 0.15) is 47.7 Å². The molecule has 0 radical (unpaired) electrons. The zero-order valence-corrected chi connectivity index (χ0v) is 18.2. The summed E-state index contributed by atoms with van der Waals surface area (Å²) in [7, 11) is 0. The van der Waals surface area contributed by atoms with E-state index in [0.717, 1.165) is 35.3 Å². The van der Waals surface area contributed by atoms with Crippen LogP contribution in [0.5, 0.6) is 0 Å². The second kappa shape index (κ2) is 9.31. The van der Waals surface area contributed by atoms with Crippen molar-refractivity contribution in [2.45, 2.75) is 45.7 Å². The summed E-state index contributed by atoms with van der Waals surface area (Å²) < 4.78 is 0. The molecule has 2 N–H and O–H groups in total. The molecule has 1 aliphatic heterocycles. The van der Waals surface area contributed by atoms with Crippen LogP contribution < -0.4 is 10.9 Å². The van der Waals surface area contributed by atoms with Gasteiger partial charge in [-0.25, -0.2) is 0 Å². The number of rotatable bonds is 5. The van der Waals surface area contributed by atoms with Gasteiger partial charge in [0, 0.05) is 24.5 Å². The van der Waals surface area contributed by atoms with Crippen molar-refractivity contribution >= 4 is 11.6 Å². The molecule has 1 unspecified atom stereocenters. The number of nitrogens with zero attached hydrogens (tertiary/aromatic N) is 1. The van der Waals surface area contributed by atoms with E-state index >= 15 is 0 Å². The van der Waals surface area contributed by atoms with Gasteiger partial charge in [-0.3, -0.25) is 14.5 Å². The number of anilines is 1. The van der Waals surface area contributed by atoms with Crippen LogP contribution in [0.25, 0.3) is 11.1 Å². The van der Waals surface area contributed by atoms with Crippen molar-refractivity contribution in [2.75, 3.05) is 11.9 Å². The minimum absolute atomic E-state index is 0.145. The molecule has 0 spiro atoms. The van der Waals surface area contributed by atoms with Crippen LogP contribution in [0, 0.1) is 6.92 Å². The van der Waals surface area contributed by atoms with E-state index in [-0.39, 0.29) is 17.0 Å². The number of aromatic nitrogens is 1. The summed E-state index contributed by atoms with van der Waals surface area (Å²) in [6.45, 7) is 6.01. The van der Waals surface area contributed by atoms with Crippen LogP contribution in [-0.2, 0) is 6.54 Å². The predicted molar refractivity (Wildman–Crippen MR) is 125 cm³/mol. The van der Waals surface area contributed by atoms with E-state index < -0.39 is 0 Å². The highest BCUT2D eigenvalue weighted by molar-refractivity contribution is 6.05. The Balaban J connectivity index is 1.56. The Morgan fingerprint density at radius 2 is 1.94 bits per heavy atom. The lowest BCUT2D eigenvalue weighted by atomic mass is 9.99. The van der Waals surface area contributed by atoms with Gasteiger partial charge in [-0.2, -0.15) is 0 Å². The SMILES string of the molecule is Cc1c(NC(=O)c2cc(CN3CCCCC3C)c[nH]c2=O)cccc1-c1ccccc1. The number of aromatic amines is 1. The van der Waals surface area contributed by atoms with Crippen molar-refractivity contribution in [1.29, 1.82) is 0 Å². The van der Waals surface area contributed by atoms with Gasteiger partial charge in [-0.15, -0.1) is 0 Å². The van der Waals surface area contributed by atoms with Gasteiger partial charge in [0.25, 0.3) is 11.5 Å². The Bertz CT molecular complexity index is 1120. The van der Waals surface area contributed by atoms with E-state index in [1.54, 1.807) is 12.3 Å². The Kier molecular flexibility index (Phi) is 6.33. The molecule has 1 fully saturated rings. The Morgan fingerprint density at radius 3 is 2.71 bits per heavy atom. The number of benzene rings is 2. The van der Waals surface area contributed by atoms with Crippen LogP contribution in [0.3, 0.4) is 0 Å². The van der Waals surface area contributed by atoms with Gasteiger partial charge in [0.2, 0.25) is 0 Å². The van der Waals surface area contributed by atoms with Gasteiger partial charge in [0.15, 0.2) is 0 Å². The van der Waals surface area contributed by atoms with Crippen LogP contribution in [0.4, 0.5) is 5.69 Å². The van der Waals surface area contributed by atoms with E-state index in [4.69, 9.17) is 0 Å². The maximum Gasteiger partial charge on any atom is 0.261 e. The molecule has 1 aromatic heterocycles. The molecule has 0 bridgehead atoms. The standard InChI is InChI=1S/C26H29N3O2/c1-18-9-6-7-14-29(18)17-20-15-23(25(30)27-16-20)26(31)28-24-13-8-12-22(19(24)2)21-10-4-3-5-11-21/h3-5,8,10-13,15-16,18H,6-7,9,14,17H2,1-2H3,(H,27,30)(H,28,31). The number of carbonyl (C=O) groups excluding carboxylic acids is 1. The van der Waals surface area contributed by atoms with Gasteiger partial charge >= 0.3 is 0 Å². The number of carbonyl (C=O) groups is 1. The third-order valence-corrected chi connectivity index (χ3v) is 6.20. The molecule has 1 aliphatic rings. The molecule has 0 aliphatic carbocycles. The van der Waals surface area contributed by atoms with E-state index in [0.29, 0.717) is 11.7 Å². The topological polar surface area (TPSA) is 65.2 Å². The number of hydrogen-bond donors (Lipinski definition) is 2. The van der Waals surface area contributed by atoms with Crippen LogP contribution >= 0.6 is 0 Å². The number of likely N-dealkylation sites (tertiary alicyclic amines) is 1. The molecule has 5 nitrogen and oxygen atoms in total. The zero-order chi connectivity index (χ0) is 21.8. The summed E-state index contributed by atoms with van der Waals surface area (Å²) >= 11 is 0. The molecular formula is C26H29N3O2. The Hall–Kier alpha value is -3.18. The van der Waals surface area contributed by atoms with Gasteiger partial charge in [0.1, 0.15) is 5.56 Å². The van der Waals surface area contributed by atoms with E-state index in [1.165, 1.54) is 19.3 Å². The Labute approximate surface area is 183 Å². The summed E-state index contributed by atoms with van der Waals surface area (Å²) in [5.74, 6) is -0.386. The van der Waals surface area contributed by atoms with Crippen LogP contribution in [0.2, 0.25) is 0 Å². The van der Waals surface area contributed by atoms with Crippen LogP contribution in [-0.4, -0.2) is 28.4 Å². The highest BCUT2D eigenvalue weighted by Gasteiger charge is 2.20. The molecule has 0 saturated carbocycles. The van der Waals surface area contributed by atoms with E-state index in [2.05, 4.69) is 22.1 Å². The first-order chi connectivity index (χ1) is 15.0. The van der Waals surface area contributed by atoms with Crippen molar-refractivity contribution in [2.24, 2.45) is 0 Å². The first-order valence-electron chi connectivity index (χ1n) is 10.9. The zero-order valence-electron chi connectivity index (χ0n) is 18.2. The third-order valence-electron chi connectivity index (χ3n) is 6.20. The number of amides is 1. The Morgan fingerprint density at radius 1 is 1.13 bits per heavy atom. The number of hydrogen-bond acceptors (Lipinski definition) is 3. The van der Waals surface area contributed by atoms with Gasteiger partial charge in [-0.1, -0.05) is 48.9 Å². The normalized spacial score (nSPS) is 16.8. The molecule has 4 rings (SSSR count). The van der Waals surface area contributed by atoms with Gasteiger partial charge in [0.05, 0.1) is 0 Å². The molecule has 31 heavy (non-hydrogen) atoms. The van der Waals surface area contributed by atoms with Gasteiger partial charge in [-0.05, 0) is 67.6 Å². The third kappa shape index (κ3) is 4.78. The van der Waals surface area contributed by atoms with Crippen molar-refractivity contribution < 1.29 is 4.79 Å². The molecule has 1 atom stereocenters. The van der Waals surface area contributed by atoms with Crippen molar-refractivity contribution in [1.82, 2.24) is 9.88 Å². The lowest BCUT2D eigenvalue weighted by molar-refractivity contribution is 0.102. The second-order valence-corrected chi connectivity index (χ2v) is 8.36. The molecule has 2 heterocycles. The quantitative estimate of drug-likeness (QED) is 0.618. The maximum absolute atomic E-state index is 13.0. The number of nitrogens with one attached hydrogen (secondary N) is 2. The molecular weight excluding hydrogens is 386 g/mol. The molecule has 1 amide bonds. The smallest absolute Gasteiger partial charge is 0.261 e. The van der Waals surface area contributed by atoms with E-state index in [9.17, 15) is 9.59 Å². The van der Waals surface area contributed by atoms with Gasteiger partial charge < -0.3 is 10.3 Å². The van der Waals surface area contributed by atoms with Crippen molar-refractivity contribution in [3.8, 4) is 11.1 Å². The minimum atomic E-state index is -0.386. The van der Waals surface area contributed by atoms with Crippen molar-refractivity contribution in [3.63, 3.8) is 0 Å². The summed E-state index contributed by atoms with van der Waals surface area (Å²) in [5.41, 5.74) is 4.55. The van der Waals surface area contributed by atoms with Crippen molar-refractivity contribution in [3.05, 3.63) is 87.8 Å². The highest BCUT2D eigenvalue weighted by Crippen LogP contribution is 2.28. The lowest BCUT2D eigenvalue weighted by Gasteiger charge is -2.33. The fourth-order valence-electron chi connectivity index (χ4n) is 4.31. The summed E-state index contributed by atoms with van der Waals surface area (Å²) in [6, 6.07) is 18.1. The largest absolute Gasteiger partial charge is 0.328 e. The number of piperidine rings is 1. The summed E-state index contributed by atoms with van der Waals surface area (Å²) in [4.78, 5) is 30.6. The molecule has 2 aromatic carbocycles. The molecule has 160 valence electrons. The summed E-state index contributed by atoms with van der Waals surface area (Å²) in [6.07, 6.45) is 5.37. The molecule has 5 heteroatoms. The monoisotopic (exact) mass is 415 g/mol. The fourth-order valence-corrected chi connectivity index (χ4v) is 4.31. The van der Waals surface area contributed by atoms with Crippen LogP contribution in [0.15, 0.2) is 65.6 Å². The molecule has 3 aromatic rings. The predicted octanol–water partition coefficient (Wildman–Crippen LogP) is 4.98. The highest BCUT2D eigenvalue weighted by atomic mass is 16.2. The minimum Gasteiger partial charge on any atom is -0.328 e. The number of pyridine rings is 1. The average Bonchev–Trinajstić information content (AvgIpc) is 2.78. The first-order valence-corrected chi connectivity index (χ1v) is 10.9.